The summed E-state index contributed by atoms with van der Waals surface area (Å²) < 4.78 is 0. The Balaban J connectivity index is 1.17. The summed E-state index contributed by atoms with van der Waals surface area (Å²) in [5, 5.41) is 0. The molecule has 0 aliphatic heterocycles. The van der Waals surface area contributed by atoms with E-state index in [9.17, 15) is 0 Å². The van der Waals surface area contributed by atoms with Crippen LogP contribution in [0.15, 0.2) is 188 Å². The molecule has 0 spiro atoms. The van der Waals surface area contributed by atoms with Gasteiger partial charge in [0, 0.05) is 51.6 Å². The molecule has 0 aliphatic rings. The van der Waals surface area contributed by atoms with Gasteiger partial charge >= 0.3 is 0 Å². The van der Waals surface area contributed by atoms with Gasteiger partial charge in [0.1, 0.15) is 0 Å². The van der Waals surface area contributed by atoms with Gasteiger partial charge in [-0.15, -0.1) is 0 Å². The molecule has 3 heterocycles. The van der Waals surface area contributed by atoms with Crippen molar-refractivity contribution < 1.29 is 0 Å². The fraction of sp³-hybridized carbons (Fsp3) is 0.0392. The zero-order valence-corrected chi connectivity index (χ0v) is 31.1. The number of aromatic nitrogens is 5. The minimum atomic E-state index is 0.610. The average molecular weight is 720 g/mol. The lowest BCUT2D eigenvalue weighted by Gasteiger charge is -2.18. The second kappa shape index (κ2) is 15.2. The summed E-state index contributed by atoms with van der Waals surface area (Å²) in [6, 6.07) is 61.1. The fourth-order valence-corrected chi connectivity index (χ4v) is 7.28. The Morgan fingerprint density at radius 3 is 1.30 bits per heavy atom. The molecule has 0 radical (unpaired) electrons. The van der Waals surface area contributed by atoms with Crippen LogP contribution in [-0.2, 0) is 0 Å². The van der Waals surface area contributed by atoms with Gasteiger partial charge in [-0.3, -0.25) is 9.97 Å². The highest BCUT2D eigenvalue weighted by Gasteiger charge is 2.18. The van der Waals surface area contributed by atoms with Gasteiger partial charge in [0.15, 0.2) is 17.5 Å². The van der Waals surface area contributed by atoms with E-state index >= 15 is 0 Å². The van der Waals surface area contributed by atoms with Crippen LogP contribution in [-0.4, -0.2) is 24.9 Å². The van der Waals surface area contributed by atoms with E-state index < -0.39 is 0 Å². The molecule has 3 aromatic heterocycles. The molecule has 0 amide bonds. The molecular formula is C51H37N5. The number of rotatable bonds is 8. The molecule has 9 aromatic rings. The minimum Gasteiger partial charge on any atom is -0.264 e. The van der Waals surface area contributed by atoms with Crippen LogP contribution in [0.1, 0.15) is 11.4 Å². The zero-order chi connectivity index (χ0) is 37.8. The normalized spacial score (nSPS) is 11.0. The van der Waals surface area contributed by atoms with Crippen LogP contribution in [0.25, 0.3) is 89.8 Å². The highest BCUT2D eigenvalue weighted by molar-refractivity contribution is 5.95. The Bertz CT molecular complexity index is 2790. The van der Waals surface area contributed by atoms with E-state index in [-0.39, 0.29) is 0 Å². The lowest BCUT2D eigenvalue weighted by atomic mass is 9.86. The largest absolute Gasteiger partial charge is 0.264 e. The second-order valence-corrected chi connectivity index (χ2v) is 13.8. The monoisotopic (exact) mass is 719 g/mol. The number of nitrogens with zero attached hydrogens (tertiary/aromatic N) is 5. The maximum Gasteiger partial charge on any atom is 0.164 e. The van der Waals surface area contributed by atoms with Crippen molar-refractivity contribution in [2.45, 2.75) is 13.8 Å². The van der Waals surface area contributed by atoms with E-state index in [1.165, 1.54) is 0 Å². The number of benzene rings is 6. The summed E-state index contributed by atoms with van der Waals surface area (Å²) in [5.41, 5.74) is 15.9. The molecule has 0 bridgehead atoms. The van der Waals surface area contributed by atoms with Crippen LogP contribution < -0.4 is 0 Å². The summed E-state index contributed by atoms with van der Waals surface area (Å²) in [5.74, 6) is 1.85. The highest BCUT2D eigenvalue weighted by Crippen LogP contribution is 2.42. The van der Waals surface area contributed by atoms with E-state index in [4.69, 9.17) is 19.9 Å². The quantitative estimate of drug-likeness (QED) is 0.156. The smallest absolute Gasteiger partial charge is 0.164 e. The molecule has 5 heteroatoms. The molecule has 0 saturated carbocycles. The predicted molar refractivity (Wildman–Crippen MR) is 228 cm³/mol. The molecular weight excluding hydrogens is 683 g/mol. The maximum absolute atomic E-state index is 5.09. The first-order valence-electron chi connectivity index (χ1n) is 18.7. The van der Waals surface area contributed by atoms with Crippen LogP contribution in [0.3, 0.4) is 0 Å². The zero-order valence-electron chi connectivity index (χ0n) is 31.1. The molecule has 266 valence electrons. The van der Waals surface area contributed by atoms with Crippen molar-refractivity contribution in [3.05, 3.63) is 200 Å². The summed E-state index contributed by atoms with van der Waals surface area (Å²) >= 11 is 0. The van der Waals surface area contributed by atoms with E-state index in [0.29, 0.717) is 17.5 Å². The van der Waals surface area contributed by atoms with Crippen molar-refractivity contribution in [1.82, 2.24) is 24.9 Å². The fourth-order valence-electron chi connectivity index (χ4n) is 7.28. The minimum absolute atomic E-state index is 0.610. The van der Waals surface area contributed by atoms with Crippen LogP contribution in [0.4, 0.5) is 0 Å². The van der Waals surface area contributed by atoms with Gasteiger partial charge in [-0.05, 0) is 88.7 Å². The summed E-state index contributed by atoms with van der Waals surface area (Å²) in [4.78, 5) is 24.3. The number of pyridine rings is 2. The topological polar surface area (TPSA) is 64.5 Å². The van der Waals surface area contributed by atoms with Gasteiger partial charge in [0.2, 0.25) is 0 Å². The third-order valence-corrected chi connectivity index (χ3v) is 10.1. The third-order valence-electron chi connectivity index (χ3n) is 10.1. The van der Waals surface area contributed by atoms with E-state index in [2.05, 4.69) is 138 Å². The lowest BCUT2D eigenvalue weighted by molar-refractivity contribution is 1.07. The summed E-state index contributed by atoms with van der Waals surface area (Å²) in [6.45, 7) is 4.06. The van der Waals surface area contributed by atoms with Crippen molar-refractivity contribution in [2.24, 2.45) is 0 Å². The molecule has 56 heavy (non-hydrogen) atoms. The first kappa shape index (κ1) is 34.4. The highest BCUT2D eigenvalue weighted by atomic mass is 15.0. The van der Waals surface area contributed by atoms with E-state index in [0.717, 1.165) is 83.7 Å². The molecule has 0 aliphatic carbocycles. The Hall–Kier alpha value is -7.37. The molecule has 0 atom stereocenters. The summed E-state index contributed by atoms with van der Waals surface area (Å²) in [7, 11) is 0. The van der Waals surface area contributed by atoms with Crippen molar-refractivity contribution in [3.8, 4) is 89.8 Å². The number of aryl methyl sites for hydroxylation is 2. The predicted octanol–water partition coefficient (Wildman–Crippen LogP) is 12.6. The van der Waals surface area contributed by atoms with Crippen LogP contribution in [0, 0.1) is 13.8 Å². The Labute approximate surface area is 327 Å². The Kier molecular flexibility index (Phi) is 9.32. The van der Waals surface area contributed by atoms with Gasteiger partial charge in [0.05, 0.1) is 0 Å². The van der Waals surface area contributed by atoms with E-state index in [1.807, 2.05) is 68.7 Å². The lowest BCUT2D eigenvalue weighted by Crippen LogP contribution is -2.00. The Morgan fingerprint density at radius 2 is 0.750 bits per heavy atom. The van der Waals surface area contributed by atoms with Crippen LogP contribution >= 0.6 is 0 Å². The van der Waals surface area contributed by atoms with Gasteiger partial charge in [-0.2, -0.15) is 0 Å². The standard InChI is InChI=1S/C51H37N5/c1-34-23-28-44(35(2)53-34)41-20-12-21-42(30-41)51-55-49(39-18-10-5-11-19-39)54-50(56-51)40-26-24-38(25-27-40)47-31-46(37-16-8-4-9-17-37)48(43-22-13-29-52-33-43)32-45(47)36-14-6-3-7-15-36/h3-33H,1-2H3. The number of hydrogen-bond acceptors (Lipinski definition) is 5. The average Bonchev–Trinajstić information content (AvgIpc) is 3.27. The van der Waals surface area contributed by atoms with Gasteiger partial charge < -0.3 is 0 Å². The molecule has 5 nitrogen and oxygen atoms in total. The molecule has 0 fully saturated rings. The van der Waals surface area contributed by atoms with Crippen molar-refractivity contribution in [3.63, 3.8) is 0 Å². The Morgan fingerprint density at radius 1 is 0.304 bits per heavy atom. The second-order valence-electron chi connectivity index (χ2n) is 13.8. The summed E-state index contributed by atoms with van der Waals surface area (Å²) in [6.07, 6.45) is 3.76. The molecule has 0 saturated heterocycles. The SMILES string of the molecule is Cc1ccc(-c2cccc(-c3nc(-c4ccccc4)nc(-c4ccc(-c5cc(-c6ccccc6)c(-c6cccnc6)cc5-c5ccccc5)cc4)n3)c2)c(C)n1. The molecule has 0 N–H and O–H groups in total. The van der Waals surface area contributed by atoms with Gasteiger partial charge in [-0.25, -0.2) is 15.0 Å². The van der Waals surface area contributed by atoms with Gasteiger partial charge in [0.25, 0.3) is 0 Å². The molecule has 0 unspecified atom stereocenters. The van der Waals surface area contributed by atoms with Crippen molar-refractivity contribution >= 4 is 0 Å². The third kappa shape index (κ3) is 7.02. The first-order valence-corrected chi connectivity index (χ1v) is 18.7. The van der Waals surface area contributed by atoms with Crippen molar-refractivity contribution in [2.75, 3.05) is 0 Å². The van der Waals surface area contributed by atoms with Crippen LogP contribution in [0.5, 0.6) is 0 Å². The van der Waals surface area contributed by atoms with Crippen molar-refractivity contribution in [1.29, 1.82) is 0 Å². The number of hydrogen-bond donors (Lipinski definition) is 0. The van der Waals surface area contributed by atoms with Gasteiger partial charge in [-0.1, -0.05) is 146 Å². The first-order chi connectivity index (χ1) is 27.6. The maximum atomic E-state index is 5.09. The van der Waals surface area contributed by atoms with Crippen LogP contribution in [0.2, 0.25) is 0 Å². The molecule has 6 aromatic carbocycles. The van der Waals surface area contributed by atoms with E-state index in [1.54, 1.807) is 0 Å². The molecule has 9 rings (SSSR count).